The van der Waals surface area contributed by atoms with Gasteiger partial charge in [0.25, 0.3) is 5.91 Å². The van der Waals surface area contributed by atoms with E-state index in [9.17, 15) is 9.18 Å². The molecule has 26 heavy (non-hydrogen) atoms. The second-order valence-corrected chi connectivity index (χ2v) is 6.09. The van der Waals surface area contributed by atoms with E-state index in [1.54, 1.807) is 36.4 Å². The number of anilines is 2. The van der Waals surface area contributed by atoms with Crippen LogP contribution in [0, 0.1) is 12.7 Å². The molecule has 1 heterocycles. The molecular formula is C19H16ClFN4O. The van der Waals surface area contributed by atoms with Crippen LogP contribution < -0.4 is 10.6 Å². The normalized spacial score (nSPS) is 10.4. The number of hydrogen-bond donors (Lipinski definition) is 2. The molecule has 1 aromatic heterocycles. The van der Waals surface area contributed by atoms with Crippen molar-refractivity contribution in [2.75, 3.05) is 10.6 Å². The van der Waals surface area contributed by atoms with Crippen molar-refractivity contribution in [2.24, 2.45) is 0 Å². The second-order valence-electron chi connectivity index (χ2n) is 5.65. The molecule has 132 valence electrons. The summed E-state index contributed by atoms with van der Waals surface area (Å²) in [5, 5.41) is 6.32. The van der Waals surface area contributed by atoms with Gasteiger partial charge in [0, 0.05) is 35.2 Å². The molecule has 0 aliphatic carbocycles. The van der Waals surface area contributed by atoms with Crippen LogP contribution in [0.25, 0.3) is 0 Å². The Morgan fingerprint density at radius 3 is 2.58 bits per heavy atom. The summed E-state index contributed by atoms with van der Waals surface area (Å²) in [6.45, 7) is 2.11. The molecule has 0 saturated carbocycles. The number of aryl methyl sites for hydroxylation is 1. The Kier molecular flexibility index (Phi) is 5.43. The Hall–Kier alpha value is -2.99. The quantitative estimate of drug-likeness (QED) is 0.696. The lowest BCUT2D eigenvalue weighted by Crippen LogP contribution is -2.14. The highest BCUT2D eigenvalue weighted by Gasteiger charge is 2.10. The van der Waals surface area contributed by atoms with Crippen LogP contribution in [0.1, 0.15) is 21.5 Å². The van der Waals surface area contributed by atoms with Gasteiger partial charge in [-0.3, -0.25) is 4.79 Å². The molecule has 0 unspecified atom stereocenters. The topological polar surface area (TPSA) is 66.9 Å². The summed E-state index contributed by atoms with van der Waals surface area (Å²) in [7, 11) is 0. The van der Waals surface area contributed by atoms with Gasteiger partial charge in [0.2, 0.25) is 5.95 Å². The summed E-state index contributed by atoms with van der Waals surface area (Å²) < 4.78 is 13.6. The van der Waals surface area contributed by atoms with Crippen LogP contribution in [0.3, 0.4) is 0 Å². The Morgan fingerprint density at radius 1 is 1.15 bits per heavy atom. The summed E-state index contributed by atoms with van der Waals surface area (Å²) in [5.74, 6) is -0.308. The number of nitrogens with one attached hydrogen (secondary N) is 2. The van der Waals surface area contributed by atoms with Gasteiger partial charge in [-0.05, 0) is 36.8 Å². The van der Waals surface area contributed by atoms with Crippen molar-refractivity contribution >= 4 is 29.1 Å². The van der Waals surface area contributed by atoms with E-state index in [2.05, 4.69) is 20.6 Å². The molecule has 0 aliphatic rings. The maximum atomic E-state index is 13.6. The zero-order valence-electron chi connectivity index (χ0n) is 14.0. The van der Waals surface area contributed by atoms with E-state index >= 15 is 0 Å². The number of amides is 1. The van der Waals surface area contributed by atoms with Gasteiger partial charge in [-0.15, -0.1) is 0 Å². The van der Waals surface area contributed by atoms with E-state index in [1.165, 1.54) is 18.5 Å². The predicted octanol–water partition coefficient (Wildman–Crippen LogP) is 4.44. The van der Waals surface area contributed by atoms with Crippen molar-refractivity contribution in [3.05, 3.63) is 82.4 Å². The first kappa shape index (κ1) is 17.8. The summed E-state index contributed by atoms with van der Waals surface area (Å²) in [6, 6.07) is 11.7. The van der Waals surface area contributed by atoms with Crippen LogP contribution in [0.4, 0.5) is 16.0 Å². The average molecular weight is 371 g/mol. The lowest BCUT2D eigenvalue weighted by Gasteiger charge is -2.09. The molecule has 2 N–H and O–H groups in total. The summed E-state index contributed by atoms with van der Waals surface area (Å²) >= 11 is 5.91. The van der Waals surface area contributed by atoms with Gasteiger partial charge in [0.15, 0.2) is 0 Å². The minimum absolute atomic E-state index is 0.252. The third kappa shape index (κ3) is 4.34. The molecule has 0 aliphatic heterocycles. The fourth-order valence-electron chi connectivity index (χ4n) is 2.31. The molecule has 5 nitrogen and oxygen atoms in total. The van der Waals surface area contributed by atoms with Gasteiger partial charge in [0.05, 0.1) is 5.56 Å². The molecular weight excluding hydrogens is 355 g/mol. The van der Waals surface area contributed by atoms with Crippen molar-refractivity contribution in [1.82, 2.24) is 9.97 Å². The van der Waals surface area contributed by atoms with E-state index in [4.69, 9.17) is 11.6 Å². The third-order valence-electron chi connectivity index (χ3n) is 3.75. The van der Waals surface area contributed by atoms with Crippen molar-refractivity contribution in [3.63, 3.8) is 0 Å². The van der Waals surface area contributed by atoms with Crippen LogP contribution in [-0.2, 0) is 6.54 Å². The van der Waals surface area contributed by atoms with Gasteiger partial charge >= 0.3 is 0 Å². The Bertz CT molecular complexity index is 931. The zero-order valence-corrected chi connectivity index (χ0v) is 14.7. The lowest BCUT2D eigenvalue weighted by molar-refractivity contribution is 0.102. The summed E-state index contributed by atoms with van der Waals surface area (Å²) in [6.07, 6.45) is 2.83. The summed E-state index contributed by atoms with van der Waals surface area (Å²) in [4.78, 5) is 20.5. The third-order valence-corrected chi connectivity index (χ3v) is 3.98. The van der Waals surface area contributed by atoms with Crippen LogP contribution in [-0.4, -0.2) is 15.9 Å². The number of benzene rings is 2. The molecule has 0 radical (unpaired) electrons. The van der Waals surface area contributed by atoms with Crippen LogP contribution in [0.2, 0.25) is 5.02 Å². The minimum atomic E-state index is -0.323. The second kappa shape index (κ2) is 7.93. The zero-order chi connectivity index (χ0) is 18.5. The van der Waals surface area contributed by atoms with Crippen LogP contribution in [0.5, 0.6) is 0 Å². The Morgan fingerprint density at radius 2 is 1.88 bits per heavy atom. The van der Waals surface area contributed by atoms with E-state index in [1.807, 2.05) is 6.92 Å². The van der Waals surface area contributed by atoms with Gasteiger partial charge < -0.3 is 10.6 Å². The number of aromatic nitrogens is 2. The highest BCUT2D eigenvalue weighted by molar-refractivity contribution is 6.30. The summed E-state index contributed by atoms with van der Waals surface area (Å²) in [5.41, 5.74) is 2.35. The van der Waals surface area contributed by atoms with Crippen molar-refractivity contribution in [1.29, 1.82) is 0 Å². The van der Waals surface area contributed by atoms with Crippen LogP contribution in [0.15, 0.2) is 54.9 Å². The molecule has 3 rings (SSSR count). The number of hydrogen-bond acceptors (Lipinski definition) is 4. The molecule has 0 saturated heterocycles. The van der Waals surface area contributed by atoms with E-state index in [-0.39, 0.29) is 18.3 Å². The number of carbonyl (C=O) groups is 1. The van der Waals surface area contributed by atoms with Crippen LogP contribution >= 0.6 is 11.6 Å². The fourth-order valence-corrected chi connectivity index (χ4v) is 2.54. The molecule has 1 amide bonds. The van der Waals surface area contributed by atoms with Gasteiger partial charge in [-0.2, -0.15) is 0 Å². The Labute approximate surface area is 155 Å². The molecule has 0 atom stereocenters. The maximum absolute atomic E-state index is 13.6. The van der Waals surface area contributed by atoms with Gasteiger partial charge in [-0.1, -0.05) is 29.8 Å². The smallest absolute Gasteiger partial charge is 0.258 e. The fraction of sp³-hybridized carbons (Fsp3) is 0.105. The molecule has 0 bridgehead atoms. The molecule has 0 fully saturated rings. The van der Waals surface area contributed by atoms with Gasteiger partial charge in [-0.25, -0.2) is 14.4 Å². The lowest BCUT2D eigenvalue weighted by atomic mass is 10.2. The molecule has 0 spiro atoms. The molecule has 3 aromatic rings. The first-order chi connectivity index (χ1) is 12.5. The first-order valence-corrected chi connectivity index (χ1v) is 8.27. The molecule has 2 aromatic carbocycles. The number of nitrogens with zero attached hydrogens (tertiary/aromatic N) is 2. The van der Waals surface area contributed by atoms with Crippen molar-refractivity contribution < 1.29 is 9.18 Å². The van der Waals surface area contributed by atoms with E-state index in [0.717, 1.165) is 5.56 Å². The Balaban J connectivity index is 1.63. The highest BCUT2D eigenvalue weighted by Crippen LogP contribution is 2.20. The monoisotopic (exact) mass is 370 g/mol. The molecule has 7 heteroatoms. The SMILES string of the molecule is Cc1cc(Cl)ccc1NC(=O)c1cnc(NCc2ccccc2F)nc1. The number of carbonyl (C=O) groups excluding carboxylic acids is 1. The standard InChI is InChI=1S/C19H16ClFN4O/c1-12-8-15(20)6-7-17(12)25-18(26)14-10-23-19(24-11-14)22-9-13-4-2-3-5-16(13)21/h2-8,10-11H,9H2,1H3,(H,25,26)(H,22,23,24). The maximum Gasteiger partial charge on any atom is 0.258 e. The highest BCUT2D eigenvalue weighted by atomic mass is 35.5. The number of halogens is 2. The largest absolute Gasteiger partial charge is 0.350 e. The minimum Gasteiger partial charge on any atom is -0.350 e. The van der Waals surface area contributed by atoms with Crippen molar-refractivity contribution in [2.45, 2.75) is 13.5 Å². The first-order valence-electron chi connectivity index (χ1n) is 7.90. The van der Waals surface area contributed by atoms with E-state index < -0.39 is 0 Å². The van der Waals surface area contributed by atoms with Crippen molar-refractivity contribution in [3.8, 4) is 0 Å². The van der Waals surface area contributed by atoms with E-state index in [0.29, 0.717) is 27.8 Å². The number of rotatable bonds is 5. The van der Waals surface area contributed by atoms with Gasteiger partial charge in [0.1, 0.15) is 5.82 Å². The average Bonchev–Trinajstić information content (AvgIpc) is 2.64. The predicted molar refractivity (Wildman–Crippen MR) is 99.9 cm³/mol.